The fraction of sp³-hybridized carbons (Fsp3) is 1.00. The van der Waals surface area contributed by atoms with Gasteiger partial charge in [-0.05, 0) is 12.8 Å². The van der Waals surface area contributed by atoms with Crippen LogP contribution in [-0.4, -0.2) is 34.1 Å². The first kappa shape index (κ1) is 11.9. The average molecular weight is 176 g/mol. The van der Waals surface area contributed by atoms with Crippen LogP contribution in [0.15, 0.2) is 0 Å². The Bertz CT molecular complexity index is 123. The first-order chi connectivity index (χ1) is 5.46. The van der Waals surface area contributed by atoms with Crippen LogP contribution >= 0.6 is 0 Å². The van der Waals surface area contributed by atoms with Gasteiger partial charge in [0, 0.05) is 12.0 Å². The van der Waals surface area contributed by atoms with E-state index in [4.69, 9.17) is 5.11 Å². The standard InChI is InChI=1S/C9H20O3/c1-4-7(11)9(2,3)8(12)5-6-10/h7-8,10-12H,4-6H2,1-3H3/t7-,8+/m1/s1. The zero-order valence-corrected chi connectivity index (χ0v) is 8.12. The Morgan fingerprint density at radius 2 is 1.67 bits per heavy atom. The van der Waals surface area contributed by atoms with Crippen LogP contribution in [0.4, 0.5) is 0 Å². The first-order valence-electron chi connectivity index (χ1n) is 4.43. The van der Waals surface area contributed by atoms with Crippen molar-refractivity contribution in [1.82, 2.24) is 0 Å². The van der Waals surface area contributed by atoms with Gasteiger partial charge in [-0.2, -0.15) is 0 Å². The molecule has 0 fully saturated rings. The fourth-order valence-electron chi connectivity index (χ4n) is 1.24. The Morgan fingerprint density at radius 1 is 1.17 bits per heavy atom. The van der Waals surface area contributed by atoms with Gasteiger partial charge in [0.25, 0.3) is 0 Å². The van der Waals surface area contributed by atoms with Gasteiger partial charge in [0.2, 0.25) is 0 Å². The van der Waals surface area contributed by atoms with Crippen LogP contribution in [0.1, 0.15) is 33.6 Å². The Morgan fingerprint density at radius 3 is 2.00 bits per heavy atom. The van der Waals surface area contributed by atoms with E-state index in [0.717, 1.165) is 0 Å². The van der Waals surface area contributed by atoms with Gasteiger partial charge < -0.3 is 15.3 Å². The normalized spacial score (nSPS) is 17.5. The Kier molecular flexibility index (Phi) is 4.75. The van der Waals surface area contributed by atoms with E-state index in [1.807, 2.05) is 20.8 Å². The van der Waals surface area contributed by atoms with Crippen LogP contribution in [0.5, 0.6) is 0 Å². The molecule has 74 valence electrons. The van der Waals surface area contributed by atoms with Crippen molar-refractivity contribution in [2.45, 2.75) is 45.8 Å². The molecule has 3 heteroatoms. The molecule has 0 aromatic carbocycles. The maximum atomic E-state index is 9.56. The first-order valence-corrected chi connectivity index (χ1v) is 4.43. The smallest absolute Gasteiger partial charge is 0.0637 e. The van der Waals surface area contributed by atoms with Crippen molar-refractivity contribution in [2.24, 2.45) is 5.41 Å². The summed E-state index contributed by atoms with van der Waals surface area (Å²) in [6.45, 7) is 5.45. The molecule has 3 nitrogen and oxygen atoms in total. The summed E-state index contributed by atoms with van der Waals surface area (Å²) in [6.07, 6.45) is -0.212. The van der Waals surface area contributed by atoms with Gasteiger partial charge >= 0.3 is 0 Å². The van der Waals surface area contributed by atoms with Crippen molar-refractivity contribution in [1.29, 1.82) is 0 Å². The molecule has 0 amide bonds. The molecule has 0 saturated carbocycles. The highest BCUT2D eigenvalue weighted by Gasteiger charge is 2.33. The number of hydrogen-bond donors (Lipinski definition) is 3. The predicted molar refractivity (Wildman–Crippen MR) is 47.8 cm³/mol. The van der Waals surface area contributed by atoms with Gasteiger partial charge in [-0.3, -0.25) is 0 Å². The molecular weight excluding hydrogens is 156 g/mol. The van der Waals surface area contributed by atoms with Crippen LogP contribution < -0.4 is 0 Å². The number of hydrogen-bond acceptors (Lipinski definition) is 3. The zero-order chi connectivity index (χ0) is 9.78. The summed E-state index contributed by atoms with van der Waals surface area (Å²) in [5, 5.41) is 27.7. The van der Waals surface area contributed by atoms with E-state index in [2.05, 4.69) is 0 Å². The second kappa shape index (κ2) is 4.80. The fourth-order valence-corrected chi connectivity index (χ4v) is 1.24. The van der Waals surface area contributed by atoms with E-state index in [9.17, 15) is 10.2 Å². The van der Waals surface area contributed by atoms with Crippen molar-refractivity contribution >= 4 is 0 Å². The summed E-state index contributed by atoms with van der Waals surface area (Å²) >= 11 is 0. The Labute approximate surface area is 74.0 Å². The van der Waals surface area contributed by atoms with Gasteiger partial charge in [0.15, 0.2) is 0 Å². The molecule has 0 aliphatic heterocycles. The Balaban J connectivity index is 4.16. The van der Waals surface area contributed by atoms with Crippen LogP contribution in [0.2, 0.25) is 0 Å². The molecule has 12 heavy (non-hydrogen) atoms. The Hall–Kier alpha value is -0.120. The summed E-state index contributed by atoms with van der Waals surface area (Å²) in [4.78, 5) is 0. The lowest BCUT2D eigenvalue weighted by Gasteiger charge is -2.34. The van der Waals surface area contributed by atoms with E-state index in [1.165, 1.54) is 0 Å². The van der Waals surface area contributed by atoms with E-state index in [-0.39, 0.29) is 6.61 Å². The highest BCUT2D eigenvalue weighted by molar-refractivity contribution is 4.83. The molecular formula is C9H20O3. The monoisotopic (exact) mass is 176 g/mol. The lowest BCUT2D eigenvalue weighted by molar-refractivity contribution is -0.0567. The van der Waals surface area contributed by atoms with Gasteiger partial charge in [-0.1, -0.05) is 20.8 Å². The maximum Gasteiger partial charge on any atom is 0.0637 e. The molecule has 0 aliphatic carbocycles. The summed E-state index contributed by atoms with van der Waals surface area (Å²) in [5.74, 6) is 0. The van der Waals surface area contributed by atoms with Crippen molar-refractivity contribution in [3.05, 3.63) is 0 Å². The second-order valence-corrected chi connectivity index (χ2v) is 3.77. The van der Waals surface area contributed by atoms with E-state index in [1.54, 1.807) is 0 Å². The summed E-state index contributed by atoms with van der Waals surface area (Å²) < 4.78 is 0. The van der Waals surface area contributed by atoms with E-state index in [0.29, 0.717) is 12.8 Å². The highest BCUT2D eigenvalue weighted by atomic mass is 16.3. The maximum absolute atomic E-state index is 9.56. The molecule has 0 saturated heterocycles. The lowest BCUT2D eigenvalue weighted by Crippen LogP contribution is -2.40. The van der Waals surface area contributed by atoms with Crippen LogP contribution in [-0.2, 0) is 0 Å². The van der Waals surface area contributed by atoms with Gasteiger partial charge in [-0.15, -0.1) is 0 Å². The quantitative estimate of drug-likeness (QED) is 0.572. The molecule has 0 aromatic heterocycles. The van der Waals surface area contributed by atoms with Crippen molar-refractivity contribution < 1.29 is 15.3 Å². The second-order valence-electron chi connectivity index (χ2n) is 3.77. The van der Waals surface area contributed by atoms with Gasteiger partial charge in [0.1, 0.15) is 0 Å². The van der Waals surface area contributed by atoms with Crippen molar-refractivity contribution in [3.8, 4) is 0 Å². The summed E-state index contributed by atoms with van der Waals surface area (Å²) in [6, 6.07) is 0. The molecule has 3 N–H and O–H groups in total. The minimum absolute atomic E-state index is 0.0406. The van der Waals surface area contributed by atoms with Crippen LogP contribution in [0, 0.1) is 5.41 Å². The molecule has 0 rings (SSSR count). The molecule has 0 heterocycles. The average Bonchev–Trinajstić information content (AvgIpc) is 2.03. The van der Waals surface area contributed by atoms with Gasteiger partial charge in [-0.25, -0.2) is 0 Å². The largest absolute Gasteiger partial charge is 0.396 e. The topological polar surface area (TPSA) is 60.7 Å². The molecule has 0 unspecified atom stereocenters. The van der Waals surface area contributed by atoms with E-state index < -0.39 is 17.6 Å². The van der Waals surface area contributed by atoms with E-state index >= 15 is 0 Å². The molecule has 0 spiro atoms. The third-order valence-electron chi connectivity index (χ3n) is 2.51. The number of aliphatic hydroxyl groups excluding tert-OH is 3. The summed E-state index contributed by atoms with van der Waals surface area (Å²) in [5.41, 5.74) is -0.530. The third-order valence-corrected chi connectivity index (χ3v) is 2.51. The lowest BCUT2D eigenvalue weighted by atomic mass is 9.78. The van der Waals surface area contributed by atoms with Crippen LogP contribution in [0.3, 0.4) is 0 Å². The molecule has 0 aromatic rings. The summed E-state index contributed by atoms with van der Waals surface area (Å²) in [7, 11) is 0. The number of rotatable bonds is 5. The zero-order valence-electron chi connectivity index (χ0n) is 8.12. The van der Waals surface area contributed by atoms with Gasteiger partial charge in [0.05, 0.1) is 12.2 Å². The minimum Gasteiger partial charge on any atom is -0.396 e. The number of aliphatic hydroxyl groups is 3. The van der Waals surface area contributed by atoms with Crippen LogP contribution in [0.25, 0.3) is 0 Å². The molecule has 0 aliphatic rings. The molecule has 0 bridgehead atoms. The van der Waals surface area contributed by atoms with Crippen molar-refractivity contribution in [3.63, 3.8) is 0 Å². The van der Waals surface area contributed by atoms with Crippen molar-refractivity contribution in [2.75, 3.05) is 6.61 Å². The third kappa shape index (κ3) is 2.73. The SMILES string of the molecule is CC[C@@H](O)C(C)(C)[C@@H](O)CCO. The molecule has 0 radical (unpaired) electrons. The molecule has 2 atom stereocenters. The predicted octanol–water partition coefficient (Wildman–Crippen LogP) is 0.527. The minimum atomic E-state index is -0.641. The highest BCUT2D eigenvalue weighted by Crippen LogP contribution is 2.28.